The maximum atomic E-state index is 8.93. The van der Waals surface area contributed by atoms with E-state index in [2.05, 4.69) is 30.9 Å². The molecule has 2 aromatic carbocycles. The average Bonchev–Trinajstić information content (AvgIpc) is 2.64. The Hall–Kier alpha value is -2.62. The van der Waals surface area contributed by atoms with Crippen LogP contribution in [0.1, 0.15) is 48.9 Å². The van der Waals surface area contributed by atoms with Gasteiger partial charge in [0.2, 0.25) is 0 Å². The van der Waals surface area contributed by atoms with Gasteiger partial charge in [0.15, 0.2) is 0 Å². The van der Waals surface area contributed by atoms with E-state index in [1.807, 2.05) is 48.5 Å². The fourth-order valence-corrected chi connectivity index (χ4v) is 2.96. The van der Waals surface area contributed by atoms with E-state index in [-0.39, 0.29) is 0 Å². The first-order valence-corrected chi connectivity index (χ1v) is 8.42. The van der Waals surface area contributed by atoms with Gasteiger partial charge in [-0.15, -0.1) is 0 Å². The van der Waals surface area contributed by atoms with Crippen molar-refractivity contribution in [2.45, 2.75) is 45.8 Å². The van der Waals surface area contributed by atoms with E-state index in [0.717, 1.165) is 25.9 Å². The van der Waals surface area contributed by atoms with Crippen molar-refractivity contribution in [2.24, 2.45) is 0 Å². The number of benzene rings is 2. The van der Waals surface area contributed by atoms with Crippen molar-refractivity contribution in [1.29, 1.82) is 10.5 Å². The summed E-state index contributed by atoms with van der Waals surface area (Å²) in [6, 6.07) is 20.5. The maximum absolute atomic E-state index is 8.93. The van der Waals surface area contributed by atoms with Crippen LogP contribution in [0.3, 0.4) is 0 Å². The van der Waals surface area contributed by atoms with Gasteiger partial charge in [-0.25, -0.2) is 0 Å². The zero-order chi connectivity index (χ0) is 17.4. The van der Waals surface area contributed by atoms with Crippen LogP contribution < -0.4 is 0 Å². The second-order valence-corrected chi connectivity index (χ2v) is 5.99. The average molecular weight is 317 g/mol. The summed E-state index contributed by atoms with van der Waals surface area (Å²) in [4.78, 5) is 2.47. The molecule has 2 aromatic rings. The highest BCUT2D eigenvalue weighted by molar-refractivity contribution is 5.33. The van der Waals surface area contributed by atoms with E-state index >= 15 is 0 Å². The van der Waals surface area contributed by atoms with Gasteiger partial charge in [0.1, 0.15) is 0 Å². The topological polar surface area (TPSA) is 50.8 Å². The van der Waals surface area contributed by atoms with Gasteiger partial charge in [-0.2, -0.15) is 10.5 Å². The number of rotatable bonds is 7. The second-order valence-electron chi connectivity index (χ2n) is 5.99. The Morgan fingerprint density at radius 3 is 1.42 bits per heavy atom. The first-order valence-electron chi connectivity index (χ1n) is 8.42. The molecule has 0 bridgehead atoms. The van der Waals surface area contributed by atoms with Crippen LogP contribution in [0.15, 0.2) is 48.5 Å². The lowest BCUT2D eigenvalue weighted by Crippen LogP contribution is -2.33. The van der Waals surface area contributed by atoms with Crippen molar-refractivity contribution < 1.29 is 0 Å². The molecule has 0 saturated heterocycles. The highest BCUT2D eigenvalue weighted by Crippen LogP contribution is 2.18. The zero-order valence-electron chi connectivity index (χ0n) is 14.4. The van der Waals surface area contributed by atoms with Gasteiger partial charge in [0.25, 0.3) is 0 Å². The van der Waals surface area contributed by atoms with Gasteiger partial charge >= 0.3 is 0 Å². The second kappa shape index (κ2) is 8.87. The zero-order valence-corrected chi connectivity index (χ0v) is 14.4. The molecule has 0 amide bonds. The lowest BCUT2D eigenvalue weighted by atomic mass is 10.1. The largest absolute Gasteiger partial charge is 0.292 e. The molecule has 0 unspecified atom stereocenters. The predicted molar refractivity (Wildman–Crippen MR) is 95.9 cm³/mol. The molecule has 0 aliphatic heterocycles. The van der Waals surface area contributed by atoms with E-state index in [1.165, 1.54) is 11.1 Å². The smallest absolute Gasteiger partial charge is 0.0991 e. The van der Waals surface area contributed by atoms with Crippen LogP contribution in [0, 0.1) is 22.7 Å². The van der Waals surface area contributed by atoms with Crippen molar-refractivity contribution in [3.8, 4) is 12.1 Å². The SMILES string of the molecule is CCC(CC)N(Cc1ccc(C#N)cc1)Cc1ccc(C#N)cc1. The molecule has 122 valence electrons. The molecule has 0 radical (unpaired) electrons. The van der Waals surface area contributed by atoms with Crippen LogP contribution in [-0.4, -0.2) is 10.9 Å². The van der Waals surface area contributed by atoms with E-state index in [9.17, 15) is 0 Å². The fraction of sp³-hybridized carbons (Fsp3) is 0.333. The molecule has 24 heavy (non-hydrogen) atoms. The van der Waals surface area contributed by atoms with Gasteiger partial charge in [0.05, 0.1) is 23.3 Å². The molecule has 3 heteroatoms. The Bertz CT molecular complexity index is 654. The van der Waals surface area contributed by atoms with E-state index in [4.69, 9.17) is 10.5 Å². The molecule has 0 aliphatic carbocycles. The molecule has 0 spiro atoms. The Balaban J connectivity index is 2.17. The monoisotopic (exact) mass is 317 g/mol. The molecule has 0 fully saturated rings. The summed E-state index contributed by atoms with van der Waals surface area (Å²) in [5.41, 5.74) is 3.82. The lowest BCUT2D eigenvalue weighted by molar-refractivity contribution is 0.168. The summed E-state index contributed by atoms with van der Waals surface area (Å²) in [5, 5.41) is 17.9. The predicted octanol–water partition coefficient (Wildman–Crippen LogP) is 4.62. The van der Waals surface area contributed by atoms with Gasteiger partial charge in [-0.1, -0.05) is 38.1 Å². The molecule has 0 saturated carbocycles. The van der Waals surface area contributed by atoms with Gasteiger partial charge in [-0.05, 0) is 48.2 Å². The molecule has 0 N–H and O–H groups in total. The van der Waals surface area contributed by atoms with Crippen molar-refractivity contribution >= 4 is 0 Å². The highest BCUT2D eigenvalue weighted by Gasteiger charge is 2.16. The summed E-state index contributed by atoms with van der Waals surface area (Å²) in [7, 11) is 0. The number of hydrogen-bond acceptors (Lipinski definition) is 3. The van der Waals surface area contributed by atoms with Crippen LogP contribution in [-0.2, 0) is 13.1 Å². The summed E-state index contributed by atoms with van der Waals surface area (Å²) >= 11 is 0. The Morgan fingerprint density at radius 1 is 0.750 bits per heavy atom. The summed E-state index contributed by atoms with van der Waals surface area (Å²) in [6.07, 6.45) is 2.20. The van der Waals surface area contributed by atoms with Gasteiger partial charge < -0.3 is 0 Å². The van der Waals surface area contributed by atoms with Crippen molar-refractivity contribution in [2.75, 3.05) is 0 Å². The molecule has 0 aliphatic rings. The van der Waals surface area contributed by atoms with E-state index in [0.29, 0.717) is 17.2 Å². The Morgan fingerprint density at radius 2 is 1.12 bits per heavy atom. The van der Waals surface area contributed by atoms with E-state index < -0.39 is 0 Å². The van der Waals surface area contributed by atoms with Crippen LogP contribution in [0.4, 0.5) is 0 Å². The fourth-order valence-electron chi connectivity index (χ4n) is 2.96. The first kappa shape index (κ1) is 17.7. The van der Waals surface area contributed by atoms with Crippen LogP contribution in [0.5, 0.6) is 0 Å². The van der Waals surface area contributed by atoms with Gasteiger partial charge in [-0.3, -0.25) is 4.90 Å². The minimum absolute atomic E-state index is 0.510. The van der Waals surface area contributed by atoms with Crippen LogP contribution in [0.2, 0.25) is 0 Å². The quantitative estimate of drug-likeness (QED) is 0.748. The molecule has 3 nitrogen and oxygen atoms in total. The third kappa shape index (κ3) is 4.69. The Labute approximate surface area is 144 Å². The molecule has 0 atom stereocenters. The number of hydrogen-bond donors (Lipinski definition) is 0. The molecular weight excluding hydrogens is 294 g/mol. The van der Waals surface area contributed by atoms with Crippen molar-refractivity contribution in [3.63, 3.8) is 0 Å². The standard InChI is InChI=1S/C21H23N3/c1-3-21(4-2)24(15-19-9-5-17(13-22)6-10-19)16-20-11-7-18(14-23)8-12-20/h5-12,21H,3-4,15-16H2,1-2H3. The Kier molecular flexibility index (Phi) is 6.55. The summed E-state index contributed by atoms with van der Waals surface area (Å²) < 4.78 is 0. The van der Waals surface area contributed by atoms with Crippen LogP contribution in [0.25, 0.3) is 0 Å². The van der Waals surface area contributed by atoms with E-state index in [1.54, 1.807) is 0 Å². The molecule has 2 rings (SSSR count). The normalized spacial score (nSPS) is 10.6. The van der Waals surface area contributed by atoms with Crippen LogP contribution >= 0.6 is 0 Å². The van der Waals surface area contributed by atoms with Gasteiger partial charge in [0, 0.05) is 19.1 Å². The number of nitrogens with zero attached hydrogens (tertiary/aromatic N) is 3. The molecule has 0 aromatic heterocycles. The third-order valence-electron chi connectivity index (χ3n) is 4.40. The minimum atomic E-state index is 0.510. The summed E-state index contributed by atoms with van der Waals surface area (Å²) in [6.45, 7) is 6.16. The minimum Gasteiger partial charge on any atom is -0.292 e. The first-order chi connectivity index (χ1) is 11.7. The molecular formula is C21H23N3. The maximum Gasteiger partial charge on any atom is 0.0991 e. The third-order valence-corrected chi connectivity index (χ3v) is 4.40. The highest BCUT2D eigenvalue weighted by atomic mass is 15.1. The molecule has 0 heterocycles. The van der Waals surface area contributed by atoms with Crippen molar-refractivity contribution in [3.05, 3.63) is 70.8 Å². The summed E-state index contributed by atoms with van der Waals surface area (Å²) in [5.74, 6) is 0. The van der Waals surface area contributed by atoms with Crippen molar-refractivity contribution in [1.82, 2.24) is 4.90 Å². The lowest BCUT2D eigenvalue weighted by Gasteiger charge is -2.30. The number of nitriles is 2.